The molecule has 0 saturated carbocycles. The minimum Gasteiger partial charge on any atom is -0.478 e. The quantitative estimate of drug-likeness (QED) is 0.0471. The molecule has 0 radical (unpaired) electrons. The number of hydrogen-bond acceptors (Lipinski definition) is 10. The number of unbranched alkanes of at least 4 members (excludes halogenated alkanes) is 1. The molecule has 0 fully saturated rings. The summed E-state index contributed by atoms with van der Waals surface area (Å²) in [4.78, 5) is 22.2. The Bertz CT molecular complexity index is 2180. The van der Waals surface area contributed by atoms with E-state index >= 15 is 0 Å². The average molecular weight is 656 g/mol. The van der Waals surface area contributed by atoms with Gasteiger partial charge in [0.2, 0.25) is 4.90 Å². The van der Waals surface area contributed by atoms with Crippen LogP contribution in [-0.4, -0.2) is 68.0 Å². The van der Waals surface area contributed by atoms with Crippen molar-refractivity contribution < 1.29 is 58.6 Å². The third-order valence-electron chi connectivity index (χ3n) is 6.43. The van der Waals surface area contributed by atoms with Gasteiger partial charge in [-0.2, -0.15) is 16.8 Å². The lowest BCUT2D eigenvalue weighted by molar-refractivity contribution is 0.0696. The molecular weight excluding hydrogens is 632 g/mol. The summed E-state index contributed by atoms with van der Waals surface area (Å²) in [5.41, 5.74) is 8.58. The Kier molecular flexibility index (Phi) is 8.11. The number of carbonyl (C=O) groups is 2. The van der Waals surface area contributed by atoms with Crippen molar-refractivity contribution in [3.63, 3.8) is 0 Å². The van der Waals surface area contributed by atoms with Crippen LogP contribution in [0.4, 0.5) is 11.4 Å². The lowest BCUT2D eigenvalue weighted by Crippen LogP contribution is -2.13. The Hall–Kier alpha value is -4.36. The first-order valence-corrected chi connectivity index (χ1v) is 16.7. The molecule has 0 aliphatic heterocycles. The Morgan fingerprint density at radius 2 is 1.26 bits per heavy atom. The Balaban J connectivity index is 2.18. The number of nitrogens with two attached hydrogens (primary N) is 2. The molecule has 0 aliphatic carbocycles. The topological polar surface area (TPSA) is 281 Å². The molecule has 0 saturated heterocycles. The second kappa shape index (κ2) is 11.0. The molecular formula is C25H23N2O13S3+. The first-order valence-electron chi connectivity index (χ1n) is 12.0. The highest BCUT2D eigenvalue weighted by Gasteiger charge is 2.36. The van der Waals surface area contributed by atoms with Crippen molar-refractivity contribution in [1.82, 2.24) is 0 Å². The average Bonchev–Trinajstić information content (AvgIpc) is 2.87. The fourth-order valence-electron chi connectivity index (χ4n) is 4.63. The molecule has 0 atom stereocenters. The summed E-state index contributed by atoms with van der Waals surface area (Å²) in [5.74, 6) is -4.42. The van der Waals surface area contributed by atoms with Gasteiger partial charge in [0.05, 0.1) is 44.8 Å². The van der Waals surface area contributed by atoms with Crippen LogP contribution in [0, 0.1) is 0 Å². The van der Waals surface area contributed by atoms with Gasteiger partial charge < -0.3 is 21.7 Å². The number of rotatable bonds is 10. The van der Waals surface area contributed by atoms with E-state index in [1.54, 1.807) is 0 Å². The van der Waals surface area contributed by atoms with Crippen LogP contribution in [0.25, 0.3) is 33.1 Å². The second-order valence-electron chi connectivity index (χ2n) is 9.36. The van der Waals surface area contributed by atoms with Crippen LogP contribution in [0.15, 0.2) is 56.7 Å². The van der Waals surface area contributed by atoms with Gasteiger partial charge in [-0.3, -0.25) is 9.11 Å². The minimum absolute atomic E-state index is 0.0881. The molecule has 228 valence electrons. The van der Waals surface area contributed by atoms with Gasteiger partial charge in [0, 0.05) is 5.56 Å². The summed E-state index contributed by atoms with van der Waals surface area (Å²) in [5, 5.41) is 19.1. The molecule has 0 bridgehead atoms. The van der Waals surface area contributed by atoms with Crippen molar-refractivity contribution >= 4 is 75.3 Å². The molecule has 4 rings (SSSR count). The predicted octanol–water partition coefficient (Wildman–Crippen LogP) is 2.78. The largest absolute Gasteiger partial charge is 0.478 e. The molecule has 0 amide bonds. The van der Waals surface area contributed by atoms with Crippen LogP contribution in [0.1, 0.15) is 33.6 Å². The fourth-order valence-corrected chi connectivity index (χ4v) is 7.60. The van der Waals surface area contributed by atoms with Gasteiger partial charge in [-0.1, -0.05) is 6.07 Å². The highest BCUT2D eigenvalue weighted by atomic mass is 32.2. The van der Waals surface area contributed by atoms with Crippen molar-refractivity contribution in [2.75, 3.05) is 23.0 Å². The smallest absolute Gasteiger partial charge is 0.384 e. The SMILES string of the molecule is Nc1ccc2c(-c3ccc(C(=O)O)cc3C(=O)O)c3ccc(N)c(S(=O)(=O)CCCCS(=O)(=O)O)c3[o+]c2c1S(=O)(=O)O. The van der Waals surface area contributed by atoms with Crippen LogP contribution >= 0.6 is 0 Å². The third kappa shape index (κ3) is 6.22. The van der Waals surface area contributed by atoms with E-state index in [9.17, 15) is 49.6 Å². The summed E-state index contributed by atoms with van der Waals surface area (Å²) in [6.07, 6.45) is -0.489. The molecule has 15 nitrogen and oxygen atoms in total. The molecule has 43 heavy (non-hydrogen) atoms. The van der Waals surface area contributed by atoms with Crippen LogP contribution < -0.4 is 11.5 Å². The number of aromatic carboxylic acids is 2. The monoisotopic (exact) mass is 655 g/mol. The molecule has 0 unspecified atom stereocenters. The Labute approximate surface area is 243 Å². The normalized spacial score (nSPS) is 12.5. The van der Waals surface area contributed by atoms with Crippen molar-refractivity contribution in [3.05, 3.63) is 53.6 Å². The van der Waals surface area contributed by atoms with Gasteiger partial charge >= 0.3 is 33.2 Å². The number of sulfone groups is 1. The summed E-state index contributed by atoms with van der Waals surface area (Å²) in [6.45, 7) is 0. The van der Waals surface area contributed by atoms with Crippen LogP contribution in [0.2, 0.25) is 0 Å². The maximum atomic E-state index is 13.5. The van der Waals surface area contributed by atoms with Gasteiger partial charge in [0.25, 0.3) is 10.1 Å². The van der Waals surface area contributed by atoms with Crippen LogP contribution in [-0.2, 0) is 30.1 Å². The zero-order chi connectivity index (χ0) is 32.1. The first kappa shape index (κ1) is 31.6. The summed E-state index contributed by atoms with van der Waals surface area (Å²) in [7, 11) is -13.9. The number of carboxylic acid groups (broad SMARTS) is 2. The van der Waals surface area contributed by atoms with E-state index in [2.05, 4.69) is 0 Å². The molecule has 18 heteroatoms. The number of carboxylic acids is 2. The van der Waals surface area contributed by atoms with Gasteiger partial charge in [-0.15, -0.1) is 0 Å². The molecule has 4 aromatic rings. The fraction of sp³-hybridized carbons (Fsp3) is 0.160. The zero-order valence-electron chi connectivity index (χ0n) is 21.7. The zero-order valence-corrected chi connectivity index (χ0v) is 24.2. The number of benzene rings is 3. The van der Waals surface area contributed by atoms with Crippen LogP contribution in [0.5, 0.6) is 0 Å². The van der Waals surface area contributed by atoms with Gasteiger partial charge in [-0.05, 0) is 54.8 Å². The minimum atomic E-state index is -5.14. The maximum absolute atomic E-state index is 13.5. The van der Waals surface area contributed by atoms with Crippen molar-refractivity contribution in [2.45, 2.75) is 22.6 Å². The number of hydrogen-bond donors (Lipinski definition) is 6. The highest BCUT2D eigenvalue weighted by molar-refractivity contribution is 7.91. The predicted molar refractivity (Wildman–Crippen MR) is 154 cm³/mol. The van der Waals surface area contributed by atoms with Crippen LogP contribution in [0.3, 0.4) is 0 Å². The van der Waals surface area contributed by atoms with E-state index in [1.807, 2.05) is 0 Å². The standard InChI is InChI=1S/C25H22N2O13S3/c26-17-7-5-14-19(13-4-3-12(24(28)29)11-16(13)25(30)31)15-6-8-18(27)23(43(37,38)39)21(15)40-20(14)22(17)41(32,33)9-1-2-10-42(34,35)36/h3-8,11H,1-2,9-10,26-27H2,(H3-,28,29,30,31,34,35,36,37,38,39)/p+1. The second-order valence-corrected chi connectivity index (χ2v) is 14.3. The van der Waals surface area contributed by atoms with E-state index in [0.717, 1.165) is 24.3 Å². The summed E-state index contributed by atoms with van der Waals surface area (Å²) >= 11 is 0. The number of anilines is 2. The summed E-state index contributed by atoms with van der Waals surface area (Å²) < 4.78 is 98.7. The molecule has 0 spiro atoms. The third-order valence-corrected chi connectivity index (χ3v) is 10.0. The van der Waals surface area contributed by atoms with Gasteiger partial charge in [0.15, 0.2) is 14.7 Å². The van der Waals surface area contributed by atoms with E-state index in [-0.39, 0.29) is 40.4 Å². The lowest BCUT2D eigenvalue weighted by Gasteiger charge is -2.13. The van der Waals surface area contributed by atoms with Crippen molar-refractivity contribution in [1.29, 1.82) is 0 Å². The summed E-state index contributed by atoms with van der Waals surface area (Å²) in [6, 6.07) is 7.85. The van der Waals surface area contributed by atoms with Crippen molar-refractivity contribution in [3.8, 4) is 11.1 Å². The van der Waals surface area contributed by atoms with Gasteiger partial charge in [-0.25, -0.2) is 22.4 Å². The molecule has 3 aromatic carbocycles. The van der Waals surface area contributed by atoms with E-state index < -0.39 is 91.3 Å². The molecule has 0 aliphatic rings. The van der Waals surface area contributed by atoms with E-state index in [4.69, 9.17) is 20.4 Å². The molecule has 1 aromatic heterocycles. The lowest BCUT2D eigenvalue weighted by atomic mass is 9.92. The molecule has 1 heterocycles. The van der Waals surface area contributed by atoms with E-state index in [0.29, 0.717) is 0 Å². The van der Waals surface area contributed by atoms with E-state index in [1.165, 1.54) is 18.2 Å². The maximum Gasteiger partial charge on any atom is 0.384 e. The Morgan fingerprint density at radius 3 is 1.77 bits per heavy atom. The van der Waals surface area contributed by atoms with Crippen molar-refractivity contribution in [2.24, 2.45) is 0 Å². The van der Waals surface area contributed by atoms with Gasteiger partial charge in [0.1, 0.15) is 0 Å². The first-order chi connectivity index (χ1) is 19.8. The molecule has 8 N–H and O–H groups in total. The Morgan fingerprint density at radius 1 is 0.721 bits per heavy atom. The highest BCUT2D eigenvalue weighted by Crippen LogP contribution is 2.44. The number of fused-ring (bicyclic) bond motifs is 2. The number of nitrogen functional groups attached to an aromatic ring is 2.